The van der Waals surface area contributed by atoms with Crippen molar-refractivity contribution in [2.24, 2.45) is 5.14 Å². The van der Waals surface area contributed by atoms with Gasteiger partial charge in [-0.1, -0.05) is 53.5 Å². The summed E-state index contributed by atoms with van der Waals surface area (Å²) in [6.45, 7) is 4.24. The van der Waals surface area contributed by atoms with Gasteiger partial charge in [0.25, 0.3) is 0 Å². The highest BCUT2D eigenvalue weighted by molar-refractivity contribution is 7.99. The fourth-order valence-corrected chi connectivity index (χ4v) is 2.53. The Hall–Kier alpha value is -1.10. The molecule has 0 radical (unpaired) electrons. The summed E-state index contributed by atoms with van der Waals surface area (Å²) in [5, 5.41) is 4.76. The Kier molecular flexibility index (Phi) is 6.84. The topological polar surface area (TPSA) is 52.0 Å². The van der Waals surface area contributed by atoms with Crippen molar-refractivity contribution >= 4 is 29.4 Å². The Bertz CT molecular complexity index is 527. The standard InChI is InChI=1S/C14H15NS.CH5NS/c1-10-7-8-13(11(2)9-10)16-14-6-4-3-5-12(14)15;1-3-2/h3-9H,15H2,1-2H3;2H2,1H3. The maximum Gasteiger partial charge on any atom is 0.0455 e. The molecule has 0 saturated carbocycles. The SMILES string of the molecule is CSN.Cc1ccc(Sc2ccccc2N)c(C)c1. The first kappa shape index (κ1) is 16.0. The summed E-state index contributed by atoms with van der Waals surface area (Å²) in [4.78, 5) is 2.39. The first-order chi connectivity index (χ1) is 9.08. The van der Waals surface area contributed by atoms with E-state index < -0.39 is 0 Å². The zero-order valence-corrected chi connectivity index (χ0v) is 13.1. The predicted octanol–water partition coefficient (Wildman–Crippen LogP) is 4.26. The first-order valence-corrected chi connectivity index (χ1v) is 8.01. The predicted molar refractivity (Wildman–Crippen MR) is 88.6 cm³/mol. The molecule has 19 heavy (non-hydrogen) atoms. The van der Waals surface area contributed by atoms with Gasteiger partial charge in [-0.25, -0.2) is 0 Å². The summed E-state index contributed by atoms with van der Waals surface area (Å²) < 4.78 is 0. The molecule has 2 aromatic rings. The molecule has 4 heteroatoms. The van der Waals surface area contributed by atoms with Crippen LogP contribution in [0.25, 0.3) is 0 Å². The number of nitrogens with two attached hydrogens (primary N) is 2. The minimum atomic E-state index is 0.840. The lowest BCUT2D eigenvalue weighted by molar-refractivity contribution is 1.26. The van der Waals surface area contributed by atoms with Crippen LogP contribution in [0.15, 0.2) is 52.3 Å². The highest BCUT2D eigenvalue weighted by Gasteiger charge is 2.03. The lowest BCUT2D eigenvalue weighted by Crippen LogP contribution is -1.88. The molecule has 0 amide bonds. The molecule has 0 aliphatic rings. The molecule has 0 aromatic heterocycles. The number of aryl methyl sites for hydroxylation is 2. The van der Waals surface area contributed by atoms with E-state index in [9.17, 15) is 0 Å². The largest absolute Gasteiger partial charge is 0.398 e. The maximum absolute atomic E-state index is 5.93. The number of hydrogen-bond donors (Lipinski definition) is 2. The van der Waals surface area contributed by atoms with Crippen LogP contribution in [-0.2, 0) is 0 Å². The molecule has 0 fully saturated rings. The molecular weight excluding hydrogens is 272 g/mol. The van der Waals surface area contributed by atoms with Gasteiger partial charge < -0.3 is 5.73 Å². The molecule has 4 N–H and O–H groups in total. The number of rotatable bonds is 2. The van der Waals surface area contributed by atoms with Gasteiger partial charge in [-0.05, 0) is 43.9 Å². The molecule has 0 atom stereocenters. The van der Waals surface area contributed by atoms with Crippen molar-refractivity contribution in [3.63, 3.8) is 0 Å². The maximum atomic E-state index is 5.93. The smallest absolute Gasteiger partial charge is 0.0455 e. The van der Waals surface area contributed by atoms with Crippen LogP contribution in [-0.4, -0.2) is 6.26 Å². The quantitative estimate of drug-likeness (QED) is 0.641. The highest BCUT2D eigenvalue weighted by Crippen LogP contribution is 2.33. The third-order valence-corrected chi connectivity index (χ3v) is 3.74. The van der Waals surface area contributed by atoms with Gasteiger partial charge >= 0.3 is 0 Å². The summed E-state index contributed by atoms with van der Waals surface area (Å²) in [6, 6.07) is 14.5. The monoisotopic (exact) mass is 292 g/mol. The van der Waals surface area contributed by atoms with Crippen LogP contribution < -0.4 is 10.9 Å². The number of benzene rings is 2. The molecule has 102 valence electrons. The van der Waals surface area contributed by atoms with E-state index in [2.05, 4.69) is 38.1 Å². The minimum Gasteiger partial charge on any atom is -0.398 e. The van der Waals surface area contributed by atoms with Crippen molar-refractivity contribution in [3.8, 4) is 0 Å². The molecule has 0 heterocycles. The van der Waals surface area contributed by atoms with Crippen molar-refractivity contribution in [2.45, 2.75) is 23.6 Å². The van der Waals surface area contributed by atoms with E-state index in [0.717, 1.165) is 10.6 Å². The number of para-hydroxylation sites is 1. The van der Waals surface area contributed by atoms with Gasteiger partial charge in [-0.15, -0.1) is 0 Å². The summed E-state index contributed by atoms with van der Waals surface area (Å²) in [5.41, 5.74) is 9.36. The molecule has 0 bridgehead atoms. The zero-order valence-electron chi connectivity index (χ0n) is 11.5. The fourth-order valence-electron chi connectivity index (χ4n) is 1.61. The Morgan fingerprint density at radius 2 is 1.58 bits per heavy atom. The molecule has 0 unspecified atom stereocenters. The Morgan fingerprint density at radius 3 is 2.16 bits per heavy atom. The van der Waals surface area contributed by atoms with Crippen LogP contribution in [0.4, 0.5) is 5.69 Å². The number of hydrogen-bond acceptors (Lipinski definition) is 4. The van der Waals surface area contributed by atoms with Crippen molar-refractivity contribution in [1.29, 1.82) is 0 Å². The molecule has 0 saturated heterocycles. The Morgan fingerprint density at radius 1 is 0.947 bits per heavy atom. The second-order valence-corrected chi connectivity index (χ2v) is 5.70. The van der Waals surface area contributed by atoms with Crippen molar-refractivity contribution in [3.05, 3.63) is 53.6 Å². The molecule has 2 nitrogen and oxygen atoms in total. The summed E-state index contributed by atoms with van der Waals surface area (Å²) in [5.74, 6) is 0. The Balaban J connectivity index is 0.000000550. The van der Waals surface area contributed by atoms with Gasteiger partial charge in [0.05, 0.1) is 0 Å². The van der Waals surface area contributed by atoms with Crippen LogP contribution in [0.5, 0.6) is 0 Å². The van der Waals surface area contributed by atoms with Crippen LogP contribution in [0.2, 0.25) is 0 Å². The fraction of sp³-hybridized carbons (Fsp3) is 0.200. The van der Waals surface area contributed by atoms with Crippen molar-refractivity contribution < 1.29 is 0 Å². The lowest BCUT2D eigenvalue weighted by atomic mass is 10.2. The van der Waals surface area contributed by atoms with Gasteiger partial charge in [0, 0.05) is 15.5 Å². The summed E-state index contributed by atoms with van der Waals surface area (Å²) in [6.07, 6.45) is 1.82. The summed E-state index contributed by atoms with van der Waals surface area (Å²) >= 11 is 2.97. The average Bonchev–Trinajstić information content (AvgIpc) is 2.36. The molecule has 2 aromatic carbocycles. The third-order valence-electron chi connectivity index (χ3n) is 2.47. The second-order valence-electron chi connectivity index (χ2n) is 4.14. The van der Waals surface area contributed by atoms with E-state index >= 15 is 0 Å². The summed E-state index contributed by atoms with van der Waals surface area (Å²) in [7, 11) is 0. The van der Waals surface area contributed by atoms with Crippen LogP contribution >= 0.6 is 23.7 Å². The molecule has 0 aliphatic carbocycles. The molecule has 0 spiro atoms. The molecule has 0 aliphatic heterocycles. The van der Waals surface area contributed by atoms with Crippen LogP contribution in [0.3, 0.4) is 0 Å². The zero-order chi connectivity index (χ0) is 14.3. The van der Waals surface area contributed by atoms with Gasteiger partial charge in [0.2, 0.25) is 0 Å². The van der Waals surface area contributed by atoms with Gasteiger partial charge in [-0.2, -0.15) is 0 Å². The van der Waals surface area contributed by atoms with Crippen LogP contribution in [0, 0.1) is 13.8 Å². The normalized spacial score (nSPS) is 9.68. The first-order valence-electron chi connectivity index (χ1n) is 5.91. The van der Waals surface area contributed by atoms with E-state index in [1.807, 2.05) is 24.5 Å². The Labute approximate surface area is 124 Å². The van der Waals surface area contributed by atoms with Gasteiger partial charge in [0.1, 0.15) is 0 Å². The number of nitrogen functional groups attached to an aromatic ring is 1. The van der Waals surface area contributed by atoms with E-state index in [4.69, 9.17) is 10.9 Å². The van der Waals surface area contributed by atoms with E-state index in [-0.39, 0.29) is 0 Å². The van der Waals surface area contributed by atoms with E-state index in [1.54, 1.807) is 11.8 Å². The molecule has 2 rings (SSSR count). The van der Waals surface area contributed by atoms with Crippen LogP contribution in [0.1, 0.15) is 11.1 Å². The van der Waals surface area contributed by atoms with Crippen molar-refractivity contribution in [2.75, 3.05) is 12.0 Å². The molecular formula is C15H20N2S2. The van der Waals surface area contributed by atoms with Gasteiger partial charge in [0.15, 0.2) is 0 Å². The lowest BCUT2D eigenvalue weighted by Gasteiger charge is -2.08. The number of anilines is 1. The van der Waals surface area contributed by atoms with E-state index in [1.165, 1.54) is 28.0 Å². The van der Waals surface area contributed by atoms with E-state index in [0.29, 0.717) is 0 Å². The highest BCUT2D eigenvalue weighted by atomic mass is 32.2. The average molecular weight is 292 g/mol. The second kappa shape index (κ2) is 8.15. The third kappa shape index (κ3) is 5.19. The van der Waals surface area contributed by atoms with Crippen molar-refractivity contribution in [1.82, 2.24) is 0 Å². The van der Waals surface area contributed by atoms with Gasteiger partial charge in [-0.3, -0.25) is 5.14 Å². The minimum absolute atomic E-state index is 0.840.